The first-order valence-corrected chi connectivity index (χ1v) is 12.0. The Kier molecular flexibility index (Phi) is 6.41. The van der Waals surface area contributed by atoms with Crippen molar-refractivity contribution in [3.05, 3.63) is 83.0 Å². The Morgan fingerprint density at radius 3 is 2.51 bits per heavy atom. The molecule has 188 valence electrons. The molecule has 2 aromatic heterocycles. The van der Waals surface area contributed by atoms with Gasteiger partial charge in [-0.2, -0.15) is 0 Å². The van der Waals surface area contributed by atoms with Crippen LogP contribution in [0.3, 0.4) is 0 Å². The van der Waals surface area contributed by atoms with E-state index in [4.69, 9.17) is 17.3 Å². The van der Waals surface area contributed by atoms with E-state index in [2.05, 4.69) is 20.2 Å². The molecule has 0 unspecified atom stereocenters. The number of nitrogens with one attached hydrogen (secondary N) is 1. The van der Waals surface area contributed by atoms with Crippen LogP contribution in [0.2, 0.25) is 5.02 Å². The number of aromatic nitrogens is 3. The van der Waals surface area contributed by atoms with E-state index in [-0.39, 0.29) is 29.9 Å². The number of halogens is 1. The van der Waals surface area contributed by atoms with Crippen LogP contribution in [0.4, 0.5) is 17.2 Å². The van der Waals surface area contributed by atoms with E-state index in [0.717, 1.165) is 23.2 Å². The Balaban J connectivity index is 1.54. The Labute approximate surface area is 219 Å². The lowest BCUT2D eigenvalue weighted by atomic mass is 10.0. The molecule has 2 amide bonds. The summed E-state index contributed by atoms with van der Waals surface area (Å²) >= 11 is 6.11. The molecule has 1 aliphatic rings. The van der Waals surface area contributed by atoms with Crippen molar-refractivity contribution in [1.82, 2.24) is 19.4 Å². The zero-order valence-electron chi connectivity index (χ0n) is 20.7. The molecule has 4 aromatic rings. The zero-order chi connectivity index (χ0) is 26.3. The molecule has 0 spiro atoms. The highest BCUT2D eigenvalue weighted by Crippen LogP contribution is 2.32. The number of nitrogens with zero attached hydrogens (tertiary/aromatic N) is 5. The molecular formula is C27H26ClN7O2. The molecule has 2 aromatic carbocycles. The fourth-order valence-electron chi connectivity index (χ4n) is 4.52. The van der Waals surface area contributed by atoms with E-state index >= 15 is 0 Å². The second-order valence-electron chi connectivity index (χ2n) is 9.15. The summed E-state index contributed by atoms with van der Waals surface area (Å²) in [4.78, 5) is 38.9. The fourth-order valence-corrected chi connectivity index (χ4v) is 4.64. The second kappa shape index (κ2) is 9.68. The second-order valence-corrected chi connectivity index (χ2v) is 9.56. The van der Waals surface area contributed by atoms with Gasteiger partial charge in [-0.3, -0.25) is 24.0 Å². The van der Waals surface area contributed by atoms with Crippen LogP contribution < -0.4 is 16.0 Å². The molecule has 5 rings (SSSR count). The van der Waals surface area contributed by atoms with E-state index in [1.54, 1.807) is 35.9 Å². The van der Waals surface area contributed by atoms with Crippen LogP contribution in [0, 0.1) is 6.92 Å². The number of hydrogen-bond donors (Lipinski definition) is 2. The average Bonchev–Trinajstić information content (AvgIpc) is 3.13. The molecule has 9 nitrogen and oxygen atoms in total. The summed E-state index contributed by atoms with van der Waals surface area (Å²) in [5.41, 5.74) is 11.0. The molecule has 0 bridgehead atoms. The molecule has 0 atom stereocenters. The van der Waals surface area contributed by atoms with Gasteiger partial charge in [-0.1, -0.05) is 23.7 Å². The Morgan fingerprint density at radius 2 is 1.81 bits per heavy atom. The summed E-state index contributed by atoms with van der Waals surface area (Å²) in [6.07, 6.45) is 3.63. The monoisotopic (exact) mass is 515 g/mol. The number of fused-ring (bicyclic) bond motifs is 1. The summed E-state index contributed by atoms with van der Waals surface area (Å²) in [7, 11) is 4.02. The van der Waals surface area contributed by atoms with Gasteiger partial charge in [0.25, 0.3) is 5.91 Å². The number of aryl methyl sites for hydroxylation is 1. The third-order valence-electron chi connectivity index (χ3n) is 6.17. The molecule has 10 heteroatoms. The summed E-state index contributed by atoms with van der Waals surface area (Å²) in [6.45, 7) is 2.37. The highest BCUT2D eigenvalue weighted by Gasteiger charge is 2.33. The zero-order valence-corrected chi connectivity index (χ0v) is 21.5. The minimum atomic E-state index is -0.354. The van der Waals surface area contributed by atoms with Crippen LogP contribution >= 0.6 is 11.6 Å². The number of hydrogen-bond acceptors (Lipinski definition) is 6. The molecule has 3 heterocycles. The number of carbonyl (C=O) groups is 2. The van der Waals surface area contributed by atoms with Gasteiger partial charge in [0.15, 0.2) is 11.5 Å². The molecular weight excluding hydrogens is 490 g/mol. The summed E-state index contributed by atoms with van der Waals surface area (Å²) < 4.78 is 1.68. The van der Waals surface area contributed by atoms with Gasteiger partial charge in [-0.25, -0.2) is 4.98 Å². The normalized spacial score (nSPS) is 13.5. The largest absolute Gasteiger partial charge is 0.397 e. The minimum absolute atomic E-state index is 0.141. The fraction of sp³-hybridized carbons (Fsp3) is 0.185. The third kappa shape index (κ3) is 4.66. The predicted molar refractivity (Wildman–Crippen MR) is 145 cm³/mol. The topological polar surface area (TPSA) is 109 Å². The van der Waals surface area contributed by atoms with Crippen molar-refractivity contribution in [2.75, 3.05) is 36.6 Å². The number of benzene rings is 2. The SMILES string of the molecule is Cc1nc2c(n1-c1ccc(Cl)c(N)c1)C(=O)N(c1ccc(-c3ccncc3CN(C)C)cc1)CC(=O)N2. The van der Waals surface area contributed by atoms with Crippen molar-refractivity contribution in [3.8, 4) is 16.8 Å². The quantitative estimate of drug-likeness (QED) is 0.387. The first kappa shape index (κ1) is 24.5. The van der Waals surface area contributed by atoms with Gasteiger partial charge >= 0.3 is 0 Å². The van der Waals surface area contributed by atoms with Gasteiger partial charge < -0.3 is 16.0 Å². The van der Waals surface area contributed by atoms with Gasteiger partial charge in [-0.05, 0) is 74.1 Å². The van der Waals surface area contributed by atoms with Crippen molar-refractivity contribution in [1.29, 1.82) is 0 Å². The van der Waals surface area contributed by atoms with Crippen LogP contribution in [-0.2, 0) is 11.3 Å². The maximum atomic E-state index is 13.9. The maximum absolute atomic E-state index is 13.9. The van der Waals surface area contributed by atoms with Gasteiger partial charge in [0.05, 0.1) is 10.7 Å². The lowest BCUT2D eigenvalue weighted by molar-refractivity contribution is -0.114. The van der Waals surface area contributed by atoms with Gasteiger partial charge in [0.2, 0.25) is 5.91 Å². The molecule has 37 heavy (non-hydrogen) atoms. The molecule has 3 N–H and O–H groups in total. The Bertz CT molecular complexity index is 1510. The number of nitrogens with two attached hydrogens (primary N) is 1. The first-order chi connectivity index (χ1) is 17.7. The smallest absolute Gasteiger partial charge is 0.279 e. The summed E-state index contributed by atoms with van der Waals surface area (Å²) in [5, 5.41) is 3.18. The van der Waals surface area contributed by atoms with Crippen LogP contribution in [0.15, 0.2) is 60.9 Å². The lowest BCUT2D eigenvalue weighted by Gasteiger charge is -2.21. The maximum Gasteiger partial charge on any atom is 0.279 e. The standard InChI is InChI=1S/C27H26ClN7O2/c1-16-31-26-25(35(16)20-8-9-22(28)23(29)12-20)27(37)34(15-24(36)32-26)19-6-4-17(5-7-19)21-10-11-30-13-18(21)14-33(2)3/h4-13H,14-15,29H2,1-3H3,(H,32,36). The average molecular weight is 516 g/mol. The van der Waals surface area contributed by atoms with Crippen LogP contribution in [0.1, 0.15) is 21.9 Å². The number of rotatable bonds is 5. The highest BCUT2D eigenvalue weighted by molar-refractivity contribution is 6.33. The van der Waals surface area contributed by atoms with Crippen LogP contribution in [0.5, 0.6) is 0 Å². The van der Waals surface area contributed by atoms with Crippen LogP contribution in [-0.4, -0.2) is 51.9 Å². The predicted octanol–water partition coefficient (Wildman–Crippen LogP) is 4.14. The number of amides is 2. The summed E-state index contributed by atoms with van der Waals surface area (Å²) in [5.74, 6) is 0.0558. The first-order valence-electron chi connectivity index (χ1n) is 11.7. The Morgan fingerprint density at radius 1 is 1.08 bits per heavy atom. The van der Waals surface area contributed by atoms with Crippen molar-refractivity contribution >= 4 is 40.6 Å². The van der Waals surface area contributed by atoms with Crippen molar-refractivity contribution in [3.63, 3.8) is 0 Å². The minimum Gasteiger partial charge on any atom is -0.397 e. The Hall–Kier alpha value is -4.21. The van der Waals surface area contributed by atoms with E-state index in [1.165, 1.54) is 4.90 Å². The van der Waals surface area contributed by atoms with E-state index in [1.807, 2.05) is 50.6 Å². The van der Waals surface area contributed by atoms with E-state index < -0.39 is 0 Å². The van der Waals surface area contributed by atoms with E-state index in [0.29, 0.717) is 27.9 Å². The van der Waals surface area contributed by atoms with Gasteiger partial charge in [0.1, 0.15) is 12.4 Å². The summed E-state index contributed by atoms with van der Waals surface area (Å²) in [6, 6.07) is 14.7. The molecule has 0 saturated heterocycles. The highest BCUT2D eigenvalue weighted by atomic mass is 35.5. The molecule has 0 aliphatic carbocycles. The lowest BCUT2D eigenvalue weighted by Crippen LogP contribution is -2.36. The van der Waals surface area contributed by atoms with Crippen molar-refractivity contribution < 1.29 is 9.59 Å². The number of nitrogen functional groups attached to an aromatic ring is 1. The van der Waals surface area contributed by atoms with Crippen molar-refractivity contribution in [2.45, 2.75) is 13.5 Å². The molecule has 1 aliphatic heterocycles. The van der Waals surface area contributed by atoms with Crippen molar-refractivity contribution in [2.24, 2.45) is 0 Å². The number of carbonyl (C=O) groups excluding carboxylic acids is 2. The van der Waals surface area contributed by atoms with E-state index in [9.17, 15) is 9.59 Å². The number of pyridine rings is 1. The molecule has 0 radical (unpaired) electrons. The molecule has 0 fully saturated rings. The number of imidazole rings is 1. The van der Waals surface area contributed by atoms with Crippen LogP contribution in [0.25, 0.3) is 16.8 Å². The van der Waals surface area contributed by atoms with Gasteiger partial charge in [0, 0.05) is 30.3 Å². The van der Waals surface area contributed by atoms with Gasteiger partial charge in [-0.15, -0.1) is 0 Å². The molecule has 0 saturated carbocycles. The third-order valence-corrected chi connectivity index (χ3v) is 6.51. The number of anilines is 3.